The second-order valence-electron chi connectivity index (χ2n) is 3.75. The van der Waals surface area contributed by atoms with Crippen LogP contribution in [0.5, 0.6) is 11.5 Å². The lowest BCUT2D eigenvalue weighted by atomic mass is 10.1. The number of carbonyl (C=O) groups excluding carboxylic acids is 1. The monoisotopic (exact) mass is 280 g/mol. The predicted molar refractivity (Wildman–Crippen MR) is 73.0 cm³/mol. The zero-order chi connectivity index (χ0) is 13.1. The van der Waals surface area contributed by atoms with Crippen LogP contribution in [0.1, 0.15) is 17.3 Å². The van der Waals surface area contributed by atoms with Crippen molar-refractivity contribution in [1.29, 1.82) is 0 Å². The van der Waals surface area contributed by atoms with Crippen LogP contribution < -0.4 is 4.74 Å². The Bertz CT molecular complexity index is 577. The first kappa shape index (κ1) is 12.9. The average molecular weight is 281 g/mol. The molecule has 2 aromatic rings. The minimum Gasteiger partial charge on any atom is -0.457 e. The fourth-order valence-corrected chi connectivity index (χ4v) is 1.79. The van der Waals surface area contributed by atoms with Crippen molar-refractivity contribution < 1.29 is 9.53 Å². The van der Waals surface area contributed by atoms with Crippen LogP contribution in [0.25, 0.3) is 0 Å². The molecule has 18 heavy (non-hydrogen) atoms. The number of carbonyl (C=O) groups is 1. The van der Waals surface area contributed by atoms with E-state index in [0.29, 0.717) is 27.1 Å². The molecule has 2 rings (SSSR count). The van der Waals surface area contributed by atoms with Gasteiger partial charge in [0.2, 0.25) is 0 Å². The lowest BCUT2D eigenvalue weighted by Crippen LogP contribution is -1.97. The Kier molecular flexibility index (Phi) is 3.90. The van der Waals surface area contributed by atoms with Gasteiger partial charge in [-0.2, -0.15) is 0 Å². The third-order valence-corrected chi connectivity index (χ3v) is 2.85. The number of benzene rings is 2. The van der Waals surface area contributed by atoms with Gasteiger partial charge in [-0.1, -0.05) is 23.2 Å². The highest BCUT2D eigenvalue weighted by atomic mass is 35.5. The smallest absolute Gasteiger partial charge is 0.163 e. The maximum absolute atomic E-state index is 11.5. The molecule has 2 aromatic carbocycles. The zero-order valence-electron chi connectivity index (χ0n) is 9.61. The van der Waals surface area contributed by atoms with Crippen LogP contribution in [-0.2, 0) is 0 Å². The molecule has 0 aliphatic heterocycles. The van der Waals surface area contributed by atoms with Gasteiger partial charge in [0.05, 0.1) is 5.56 Å². The molecule has 0 spiro atoms. The first-order valence-corrected chi connectivity index (χ1v) is 6.06. The molecule has 0 aliphatic rings. The maximum Gasteiger partial charge on any atom is 0.163 e. The van der Waals surface area contributed by atoms with E-state index in [-0.39, 0.29) is 5.78 Å². The Labute approximate surface area is 115 Å². The first-order chi connectivity index (χ1) is 8.56. The van der Waals surface area contributed by atoms with Crippen molar-refractivity contribution in [1.82, 2.24) is 0 Å². The Balaban J connectivity index is 2.34. The Hall–Kier alpha value is -1.51. The molecule has 0 aliphatic carbocycles. The minimum atomic E-state index is -0.0959. The number of halogens is 2. The van der Waals surface area contributed by atoms with E-state index in [9.17, 15) is 4.79 Å². The van der Waals surface area contributed by atoms with Crippen molar-refractivity contribution in [2.45, 2.75) is 6.92 Å². The van der Waals surface area contributed by atoms with E-state index in [4.69, 9.17) is 27.9 Å². The van der Waals surface area contributed by atoms with E-state index < -0.39 is 0 Å². The van der Waals surface area contributed by atoms with Crippen LogP contribution in [0.3, 0.4) is 0 Å². The van der Waals surface area contributed by atoms with E-state index in [1.807, 2.05) is 0 Å². The highest BCUT2D eigenvalue weighted by Crippen LogP contribution is 2.28. The average Bonchev–Trinajstić information content (AvgIpc) is 2.34. The zero-order valence-corrected chi connectivity index (χ0v) is 11.1. The normalized spacial score (nSPS) is 10.2. The van der Waals surface area contributed by atoms with E-state index >= 15 is 0 Å². The molecule has 0 unspecified atom stereocenters. The highest BCUT2D eigenvalue weighted by molar-refractivity contribution is 6.31. The second kappa shape index (κ2) is 5.42. The molecular formula is C14H10Cl2O2. The lowest BCUT2D eigenvalue weighted by Gasteiger charge is -2.09. The summed E-state index contributed by atoms with van der Waals surface area (Å²) in [5.74, 6) is 1.000. The molecule has 0 saturated carbocycles. The van der Waals surface area contributed by atoms with Crippen LogP contribution in [-0.4, -0.2) is 5.78 Å². The molecule has 4 heteroatoms. The molecule has 0 radical (unpaired) electrons. The Morgan fingerprint density at radius 1 is 1.00 bits per heavy atom. The Morgan fingerprint density at radius 2 is 1.61 bits per heavy atom. The largest absolute Gasteiger partial charge is 0.457 e. The number of Topliss-reactive ketones (excluding diaryl/α,β-unsaturated/α-hetero) is 1. The summed E-state index contributed by atoms with van der Waals surface area (Å²) in [5.41, 5.74) is 0.456. The minimum absolute atomic E-state index is 0.0959. The first-order valence-electron chi connectivity index (χ1n) is 5.30. The van der Waals surface area contributed by atoms with Gasteiger partial charge in [0, 0.05) is 10.0 Å². The van der Waals surface area contributed by atoms with Crippen LogP contribution in [0, 0.1) is 0 Å². The van der Waals surface area contributed by atoms with Gasteiger partial charge >= 0.3 is 0 Å². The third-order valence-electron chi connectivity index (χ3n) is 2.36. The number of ether oxygens (including phenoxy) is 1. The molecular weight excluding hydrogens is 271 g/mol. The van der Waals surface area contributed by atoms with Gasteiger partial charge in [-0.3, -0.25) is 4.79 Å². The van der Waals surface area contributed by atoms with Gasteiger partial charge in [0.15, 0.2) is 5.78 Å². The molecule has 0 heterocycles. The van der Waals surface area contributed by atoms with E-state index in [1.54, 1.807) is 42.5 Å². The lowest BCUT2D eigenvalue weighted by molar-refractivity contribution is 0.101. The SMILES string of the molecule is CC(=O)c1cc(Cl)ccc1Oc1ccc(Cl)cc1. The molecule has 2 nitrogen and oxygen atoms in total. The van der Waals surface area contributed by atoms with E-state index in [1.165, 1.54) is 6.92 Å². The topological polar surface area (TPSA) is 26.3 Å². The van der Waals surface area contributed by atoms with Crippen LogP contribution in [0.2, 0.25) is 10.0 Å². The summed E-state index contributed by atoms with van der Waals surface area (Å²) in [7, 11) is 0. The van der Waals surface area contributed by atoms with Crippen molar-refractivity contribution in [3.05, 3.63) is 58.1 Å². The fourth-order valence-electron chi connectivity index (χ4n) is 1.50. The number of ketones is 1. The second-order valence-corrected chi connectivity index (χ2v) is 4.63. The van der Waals surface area contributed by atoms with Crippen molar-refractivity contribution in [2.75, 3.05) is 0 Å². The van der Waals surface area contributed by atoms with Crippen molar-refractivity contribution >= 4 is 29.0 Å². The molecule has 92 valence electrons. The fraction of sp³-hybridized carbons (Fsp3) is 0.0714. The van der Waals surface area contributed by atoms with Gasteiger partial charge in [0.25, 0.3) is 0 Å². The highest BCUT2D eigenvalue weighted by Gasteiger charge is 2.10. The standard InChI is InChI=1S/C14H10Cl2O2/c1-9(17)13-8-11(16)4-7-14(13)18-12-5-2-10(15)3-6-12/h2-8H,1H3. The quantitative estimate of drug-likeness (QED) is 0.741. The summed E-state index contributed by atoms with van der Waals surface area (Å²) in [6.45, 7) is 1.47. The van der Waals surface area contributed by atoms with E-state index in [2.05, 4.69) is 0 Å². The maximum atomic E-state index is 11.5. The summed E-state index contributed by atoms with van der Waals surface area (Å²) in [6.07, 6.45) is 0. The third kappa shape index (κ3) is 3.03. The molecule has 0 atom stereocenters. The molecule has 0 N–H and O–H groups in total. The molecule has 0 fully saturated rings. The summed E-state index contributed by atoms with van der Waals surface area (Å²) >= 11 is 11.6. The molecule has 0 amide bonds. The molecule has 0 aromatic heterocycles. The van der Waals surface area contributed by atoms with Crippen LogP contribution in [0.15, 0.2) is 42.5 Å². The predicted octanol–water partition coefficient (Wildman–Crippen LogP) is 4.99. The van der Waals surface area contributed by atoms with Gasteiger partial charge in [-0.15, -0.1) is 0 Å². The van der Waals surface area contributed by atoms with Gasteiger partial charge in [-0.05, 0) is 49.4 Å². The van der Waals surface area contributed by atoms with Crippen molar-refractivity contribution in [3.63, 3.8) is 0 Å². The van der Waals surface area contributed by atoms with Crippen LogP contribution in [0.4, 0.5) is 0 Å². The van der Waals surface area contributed by atoms with Crippen molar-refractivity contribution in [3.8, 4) is 11.5 Å². The Morgan fingerprint density at radius 3 is 2.22 bits per heavy atom. The number of hydrogen-bond donors (Lipinski definition) is 0. The van der Waals surface area contributed by atoms with Gasteiger partial charge in [0.1, 0.15) is 11.5 Å². The summed E-state index contributed by atoms with van der Waals surface area (Å²) in [5, 5.41) is 1.13. The van der Waals surface area contributed by atoms with Gasteiger partial charge < -0.3 is 4.74 Å². The van der Waals surface area contributed by atoms with E-state index in [0.717, 1.165) is 0 Å². The molecule has 0 saturated heterocycles. The number of rotatable bonds is 3. The van der Waals surface area contributed by atoms with Crippen molar-refractivity contribution in [2.24, 2.45) is 0 Å². The summed E-state index contributed by atoms with van der Waals surface area (Å²) in [4.78, 5) is 11.5. The molecule has 0 bridgehead atoms. The summed E-state index contributed by atoms with van der Waals surface area (Å²) in [6, 6.07) is 11.9. The summed E-state index contributed by atoms with van der Waals surface area (Å²) < 4.78 is 5.64. The van der Waals surface area contributed by atoms with Gasteiger partial charge in [-0.25, -0.2) is 0 Å². The number of hydrogen-bond acceptors (Lipinski definition) is 2. The van der Waals surface area contributed by atoms with Crippen LogP contribution >= 0.6 is 23.2 Å².